The summed E-state index contributed by atoms with van der Waals surface area (Å²) in [7, 11) is 1.69. The van der Waals surface area contributed by atoms with E-state index in [4.69, 9.17) is 9.72 Å². The monoisotopic (exact) mass is 374 g/mol. The van der Waals surface area contributed by atoms with Crippen LogP contribution in [0, 0.1) is 6.92 Å². The van der Waals surface area contributed by atoms with E-state index in [-0.39, 0.29) is 0 Å². The summed E-state index contributed by atoms with van der Waals surface area (Å²) in [5.41, 5.74) is 5.58. The molecule has 27 heavy (non-hydrogen) atoms. The Morgan fingerprint density at radius 3 is 2.59 bits per heavy atom. The van der Waals surface area contributed by atoms with E-state index >= 15 is 0 Å². The highest BCUT2D eigenvalue weighted by Gasteiger charge is 2.10. The molecule has 0 aliphatic heterocycles. The standard InChI is InChI=1S/C23H22N2OS/c1-16-5-6-18-13-19(14-24-15-21-4-3-11-27-21)23(25-22(18)12-16)17-7-9-20(26-2)10-8-17/h3-13,24H,14-15H2,1-2H3. The van der Waals surface area contributed by atoms with Gasteiger partial charge in [0.05, 0.1) is 18.3 Å². The topological polar surface area (TPSA) is 34.1 Å². The molecular formula is C23H22N2OS. The predicted octanol–water partition coefficient (Wildman–Crippen LogP) is 5.57. The minimum absolute atomic E-state index is 0.774. The van der Waals surface area contributed by atoms with E-state index in [1.54, 1.807) is 18.4 Å². The van der Waals surface area contributed by atoms with E-state index in [2.05, 4.69) is 66.2 Å². The Hall–Kier alpha value is -2.69. The van der Waals surface area contributed by atoms with Crippen molar-refractivity contribution in [2.24, 2.45) is 0 Å². The SMILES string of the molecule is COc1ccc(-c2nc3cc(C)ccc3cc2CNCc2cccs2)cc1. The van der Waals surface area contributed by atoms with Gasteiger partial charge in [-0.2, -0.15) is 0 Å². The summed E-state index contributed by atoms with van der Waals surface area (Å²) in [4.78, 5) is 6.34. The van der Waals surface area contributed by atoms with Crippen LogP contribution in [-0.4, -0.2) is 12.1 Å². The molecule has 2 heterocycles. The number of pyridine rings is 1. The zero-order valence-corrected chi connectivity index (χ0v) is 16.3. The fraction of sp³-hybridized carbons (Fsp3) is 0.174. The number of aryl methyl sites for hydroxylation is 1. The molecule has 4 rings (SSSR count). The maximum atomic E-state index is 5.30. The van der Waals surface area contributed by atoms with Crippen LogP contribution in [-0.2, 0) is 13.1 Å². The number of hydrogen-bond acceptors (Lipinski definition) is 4. The summed E-state index contributed by atoms with van der Waals surface area (Å²) >= 11 is 1.77. The lowest BCUT2D eigenvalue weighted by atomic mass is 10.0. The van der Waals surface area contributed by atoms with E-state index in [0.717, 1.165) is 35.6 Å². The number of nitrogens with one attached hydrogen (secondary N) is 1. The van der Waals surface area contributed by atoms with Gasteiger partial charge in [0.1, 0.15) is 5.75 Å². The Kier molecular flexibility index (Phi) is 5.19. The number of ether oxygens (including phenoxy) is 1. The van der Waals surface area contributed by atoms with Crippen LogP contribution in [0.3, 0.4) is 0 Å². The number of hydrogen-bond donors (Lipinski definition) is 1. The Balaban J connectivity index is 1.70. The Morgan fingerprint density at radius 1 is 1.00 bits per heavy atom. The molecule has 0 bridgehead atoms. The summed E-state index contributed by atoms with van der Waals surface area (Å²) in [6, 6.07) is 21.1. The molecule has 0 spiro atoms. The third-order valence-corrected chi connectivity index (χ3v) is 5.49. The van der Waals surface area contributed by atoms with Crippen LogP contribution < -0.4 is 10.1 Å². The zero-order chi connectivity index (χ0) is 18.6. The molecule has 0 saturated carbocycles. The molecule has 0 aliphatic rings. The third-order valence-electron chi connectivity index (χ3n) is 4.61. The first-order chi connectivity index (χ1) is 13.2. The molecule has 136 valence electrons. The first-order valence-corrected chi connectivity index (χ1v) is 9.89. The number of nitrogens with zero attached hydrogens (tertiary/aromatic N) is 1. The molecule has 0 radical (unpaired) electrons. The fourth-order valence-electron chi connectivity index (χ4n) is 3.19. The molecular weight excluding hydrogens is 352 g/mol. The Bertz CT molecular complexity index is 1040. The Morgan fingerprint density at radius 2 is 1.85 bits per heavy atom. The summed E-state index contributed by atoms with van der Waals surface area (Å²) in [5, 5.41) is 6.84. The molecule has 0 aliphatic carbocycles. The normalized spacial score (nSPS) is 11.0. The van der Waals surface area contributed by atoms with E-state index in [1.165, 1.54) is 21.4 Å². The van der Waals surface area contributed by atoms with Crippen molar-refractivity contribution in [3.8, 4) is 17.0 Å². The highest BCUT2D eigenvalue weighted by atomic mass is 32.1. The molecule has 0 atom stereocenters. The van der Waals surface area contributed by atoms with Crippen molar-refractivity contribution in [3.05, 3.63) is 82.0 Å². The van der Waals surface area contributed by atoms with Crippen molar-refractivity contribution < 1.29 is 4.74 Å². The summed E-state index contributed by atoms with van der Waals surface area (Å²) in [6.45, 7) is 3.74. The second kappa shape index (κ2) is 7.91. The quantitative estimate of drug-likeness (QED) is 0.479. The number of rotatable bonds is 6. The molecule has 2 aromatic carbocycles. The summed E-state index contributed by atoms with van der Waals surface area (Å²) in [6.07, 6.45) is 0. The minimum Gasteiger partial charge on any atom is -0.497 e. The van der Waals surface area contributed by atoms with Crippen LogP contribution in [0.1, 0.15) is 16.0 Å². The smallest absolute Gasteiger partial charge is 0.118 e. The predicted molar refractivity (Wildman–Crippen MR) is 113 cm³/mol. The third kappa shape index (κ3) is 4.02. The van der Waals surface area contributed by atoms with Gasteiger partial charge in [0.15, 0.2) is 0 Å². The van der Waals surface area contributed by atoms with Crippen LogP contribution in [0.4, 0.5) is 0 Å². The number of methoxy groups -OCH3 is 1. The van der Waals surface area contributed by atoms with Crippen molar-refractivity contribution in [1.29, 1.82) is 0 Å². The van der Waals surface area contributed by atoms with Gasteiger partial charge in [-0.3, -0.25) is 0 Å². The van der Waals surface area contributed by atoms with Crippen LogP contribution in [0.25, 0.3) is 22.2 Å². The molecule has 0 unspecified atom stereocenters. The molecule has 4 aromatic rings. The van der Waals surface area contributed by atoms with Crippen LogP contribution in [0.2, 0.25) is 0 Å². The van der Waals surface area contributed by atoms with Crippen molar-refractivity contribution >= 4 is 22.2 Å². The van der Waals surface area contributed by atoms with Crippen molar-refractivity contribution in [3.63, 3.8) is 0 Å². The zero-order valence-electron chi connectivity index (χ0n) is 15.5. The van der Waals surface area contributed by atoms with Gasteiger partial charge < -0.3 is 10.1 Å². The lowest BCUT2D eigenvalue weighted by Crippen LogP contribution is -2.13. The molecule has 0 amide bonds. The lowest BCUT2D eigenvalue weighted by Gasteiger charge is -2.13. The number of thiophene rings is 1. The van der Waals surface area contributed by atoms with Gasteiger partial charge in [0.2, 0.25) is 0 Å². The second-order valence-corrected chi connectivity index (χ2v) is 7.64. The van der Waals surface area contributed by atoms with Gasteiger partial charge >= 0.3 is 0 Å². The van der Waals surface area contributed by atoms with Gasteiger partial charge in [-0.05, 0) is 65.9 Å². The first kappa shape index (κ1) is 17.7. The van der Waals surface area contributed by atoms with Crippen LogP contribution in [0.5, 0.6) is 5.75 Å². The Labute approximate surface area is 163 Å². The molecule has 4 heteroatoms. The van der Waals surface area contributed by atoms with E-state index in [1.807, 2.05) is 12.1 Å². The second-order valence-electron chi connectivity index (χ2n) is 6.60. The molecule has 0 saturated heterocycles. The molecule has 0 fully saturated rings. The highest BCUT2D eigenvalue weighted by Crippen LogP contribution is 2.28. The van der Waals surface area contributed by atoms with Gasteiger partial charge in [0, 0.05) is 28.9 Å². The number of aromatic nitrogens is 1. The highest BCUT2D eigenvalue weighted by molar-refractivity contribution is 7.09. The van der Waals surface area contributed by atoms with Crippen molar-refractivity contribution in [2.45, 2.75) is 20.0 Å². The van der Waals surface area contributed by atoms with E-state index in [9.17, 15) is 0 Å². The maximum absolute atomic E-state index is 5.30. The largest absolute Gasteiger partial charge is 0.497 e. The van der Waals surface area contributed by atoms with E-state index < -0.39 is 0 Å². The average Bonchev–Trinajstić information content (AvgIpc) is 3.21. The number of fused-ring (bicyclic) bond motifs is 1. The molecule has 1 N–H and O–H groups in total. The van der Waals surface area contributed by atoms with Crippen LogP contribution in [0.15, 0.2) is 66.0 Å². The molecule has 3 nitrogen and oxygen atoms in total. The minimum atomic E-state index is 0.774. The van der Waals surface area contributed by atoms with Crippen molar-refractivity contribution in [2.75, 3.05) is 7.11 Å². The lowest BCUT2D eigenvalue weighted by molar-refractivity contribution is 0.415. The molecule has 2 aromatic heterocycles. The van der Waals surface area contributed by atoms with Crippen LogP contribution >= 0.6 is 11.3 Å². The average molecular weight is 375 g/mol. The number of benzene rings is 2. The van der Waals surface area contributed by atoms with E-state index in [0.29, 0.717) is 0 Å². The van der Waals surface area contributed by atoms with Gasteiger partial charge in [0.25, 0.3) is 0 Å². The summed E-state index contributed by atoms with van der Waals surface area (Å²) < 4.78 is 5.30. The first-order valence-electron chi connectivity index (χ1n) is 9.01. The van der Waals surface area contributed by atoms with Gasteiger partial charge in [-0.15, -0.1) is 11.3 Å². The fourth-order valence-corrected chi connectivity index (χ4v) is 3.86. The van der Waals surface area contributed by atoms with Gasteiger partial charge in [-0.1, -0.05) is 18.2 Å². The van der Waals surface area contributed by atoms with Crippen molar-refractivity contribution in [1.82, 2.24) is 10.3 Å². The maximum Gasteiger partial charge on any atom is 0.118 e. The summed E-state index contributed by atoms with van der Waals surface area (Å²) in [5.74, 6) is 0.854. The van der Waals surface area contributed by atoms with Gasteiger partial charge in [-0.25, -0.2) is 4.98 Å².